The summed E-state index contributed by atoms with van der Waals surface area (Å²) >= 11 is 1.71. The first kappa shape index (κ1) is 11.8. The van der Waals surface area contributed by atoms with Gasteiger partial charge in [-0.2, -0.15) is 9.97 Å². The first-order chi connectivity index (χ1) is 8.24. The number of nitrogens with two attached hydrogens (primary N) is 1. The van der Waals surface area contributed by atoms with Gasteiger partial charge in [0.15, 0.2) is 0 Å². The molecule has 0 amide bonds. The summed E-state index contributed by atoms with van der Waals surface area (Å²) in [6.07, 6.45) is 1.79. The van der Waals surface area contributed by atoms with E-state index in [0.717, 1.165) is 17.3 Å². The molecule has 0 saturated heterocycles. The molecule has 88 valence electrons. The van der Waals surface area contributed by atoms with Crippen molar-refractivity contribution in [2.45, 2.75) is 18.4 Å². The predicted molar refractivity (Wildman–Crippen MR) is 68.2 cm³/mol. The van der Waals surface area contributed by atoms with Crippen LogP contribution < -0.4 is 5.73 Å². The van der Waals surface area contributed by atoms with Gasteiger partial charge in [-0.15, -0.1) is 11.8 Å². The molecule has 0 fully saturated rings. The quantitative estimate of drug-likeness (QED) is 0.884. The van der Waals surface area contributed by atoms with Crippen LogP contribution in [0.4, 0.5) is 5.95 Å². The molecule has 0 atom stereocenters. The van der Waals surface area contributed by atoms with Gasteiger partial charge in [0.25, 0.3) is 0 Å². The Bertz CT molecular complexity index is 468. The molecule has 2 aromatic rings. The normalized spacial score (nSPS) is 10.4. The minimum atomic E-state index is 0.283. The van der Waals surface area contributed by atoms with Crippen LogP contribution in [0.5, 0.6) is 0 Å². The lowest BCUT2D eigenvalue weighted by molar-refractivity contribution is 0.923. The highest BCUT2D eigenvalue weighted by Gasteiger charge is 2.02. The second-order valence-electron chi connectivity index (χ2n) is 3.47. The number of thioether (sulfide) groups is 1. The summed E-state index contributed by atoms with van der Waals surface area (Å²) in [6.45, 7) is 1.81. The molecule has 0 spiro atoms. The highest BCUT2D eigenvalue weighted by atomic mass is 32.2. The van der Waals surface area contributed by atoms with Crippen LogP contribution in [-0.2, 0) is 11.5 Å². The molecule has 2 N–H and O–H groups in total. The van der Waals surface area contributed by atoms with E-state index in [4.69, 9.17) is 5.73 Å². The molecule has 5 nitrogen and oxygen atoms in total. The van der Waals surface area contributed by atoms with Crippen molar-refractivity contribution in [3.8, 4) is 0 Å². The fourth-order valence-corrected chi connectivity index (χ4v) is 2.15. The van der Waals surface area contributed by atoms with Crippen molar-refractivity contribution in [1.29, 1.82) is 0 Å². The van der Waals surface area contributed by atoms with Gasteiger partial charge in [-0.1, -0.05) is 6.07 Å². The average Bonchev–Trinajstić information content (AvgIpc) is 2.29. The Kier molecular flexibility index (Phi) is 3.87. The van der Waals surface area contributed by atoms with Gasteiger partial charge in [0.1, 0.15) is 11.6 Å². The Morgan fingerprint density at radius 1 is 1.18 bits per heavy atom. The Hall–Kier alpha value is -1.69. The summed E-state index contributed by atoms with van der Waals surface area (Å²) in [5, 5.41) is 0. The van der Waals surface area contributed by atoms with Crippen LogP contribution in [0.2, 0.25) is 0 Å². The van der Waals surface area contributed by atoms with E-state index >= 15 is 0 Å². The Morgan fingerprint density at radius 3 is 2.76 bits per heavy atom. The molecule has 0 aromatic carbocycles. The SMILES string of the molecule is Cc1nc(N)nc(CSCc2ccccn2)n1. The van der Waals surface area contributed by atoms with Gasteiger partial charge in [0.05, 0.1) is 11.4 Å². The Labute approximate surface area is 104 Å². The zero-order valence-electron chi connectivity index (χ0n) is 9.50. The van der Waals surface area contributed by atoms with Gasteiger partial charge in [-0.25, -0.2) is 4.98 Å². The predicted octanol–water partition coefficient (Wildman–Crippen LogP) is 1.59. The molecule has 0 aliphatic carbocycles. The molecule has 2 aromatic heterocycles. The van der Waals surface area contributed by atoms with Crippen LogP contribution >= 0.6 is 11.8 Å². The molecule has 0 unspecified atom stereocenters. The molecule has 0 radical (unpaired) electrons. The number of aryl methyl sites for hydroxylation is 1. The third-order valence-electron chi connectivity index (χ3n) is 2.02. The first-order valence-corrected chi connectivity index (χ1v) is 6.34. The fourth-order valence-electron chi connectivity index (χ4n) is 1.35. The smallest absolute Gasteiger partial charge is 0.223 e. The van der Waals surface area contributed by atoms with Crippen LogP contribution in [0, 0.1) is 6.92 Å². The number of hydrogen-bond acceptors (Lipinski definition) is 6. The van der Waals surface area contributed by atoms with E-state index in [1.165, 1.54) is 0 Å². The van der Waals surface area contributed by atoms with Crippen LogP contribution in [0.15, 0.2) is 24.4 Å². The number of nitrogen functional groups attached to an aromatic ring is 1. The van der Waals surface area contributed by atoms with Gasteiger partial charge in [0, 0.05) is 11.9 Å². The zero-order chi connectivity index (χ0) is 12.1. The van der Waals surface area contributed by atoms with E-state index in [1.54, 1.807) is 18.0 Å². The van der Waals surface area contributed by atoms with Gasteiger partial charge in [-0.3, -0.25) is 4.98 Å². The largest absolute Gasteiger partial charge is 0.368 e. The molecule has 0 aliphatic heterocycles. The summed E-state index contributed by atoms with van der Waals surface area (Å²) in [6, 6.07) is 5.89. The molecular weight excluding hydrogens is 234 g/mol. The lowest BCUT2D eigenvalue weighted by atomic mass is 10.4. The maximum atomic E-state index is 5.56. The highest BCUT2D eigenvalue weighted by Crippen LogP contribution is 2.14. The number of rotatable bonds is 4. The second kappa shape index (κ2) is 5.58. The summed E-state index contributed by atoms with van der Waals surface area (Å²) < 4.78 is 0. The summed E-state index contributed by atoms with van der Waals surface area (Å²) in [7, 11) is 0. The minimum absolute atomic E-state index is 0.283. The number of hydrogen-bond donors (Lipinski definition) is 1. The fraction of sp³-hybridized carbons (Fsp3) is 0.273. The number of aromatic nitrogens is 4. The summed E-state index contributed by atoms with van der Waals surface area (Å²) in [5.41, 5.74) is 6.61. The van der Waals surface area contributed by atoms with E-state index in [-0.39, 0.29) is 5.95 Å². The van der Waals surface area contributed by atoms with E-state index in [9.17, 15) is 0 Å². The second-order valence-corrected chi connectivity index (χ2v) is 4.46. The van der Waals surface area contributed by atoms with E-state index in [0.29, 0.717) is 11.6 Å². The topological polar surface area (TPSA) is 77.6 Å². The van der Waals surface area contributed by atoms with E-state index in [2.05, 4.69) is 19.9 Å². The Balaban J connectivity index is 1.90. The molecular formula is C11H13N5S. The van der Waals surface area contributed by atoms with Crippen LogP contribution in [0.1, 0.15) is 17.3 Å². The van der Waals surface area contributed by atoms with Crippen LogP contribution in [0.25, 0.3) is 0 Å². The summed E-state index contributed by atoms with van der Waals surface area (Å²) in [4.78, 5) is 16.5. The third kappa shape index (κ3) is 3.67. The van der Waals surface area contributed by atoms with Crippen molar-refractivity contribution in [3.63, 3.8) is 0 Å². The van der Waals surface area contributed by atoms with Crippen molar-refractivity contribution < 1.29 is 0 Å². The molecule has 0 aliphatic rings. The van der Waals surface area contributed by atoms with Crippen molar-refractivity contribution >= 4 is 17.7 Å². The molecule has 17 heavy (non-hydrogen) atoms. The van der Waals surface area contributed by atoms with Crippen molar-refractivity contribution in [2.75, 3.05) is 5.73 Å². The monoisotopic (exact) mass is 247 g/mol. The van der Waals surface area contributed by atoms with Gasteiger partial charge in [-0.05, 0) is 19.1 Å². The zero-order valence-corrected chi connectivity index (χ0v) is 10.3. The van der Waals surface area contributed by atoms with Crippen molar-refractivity contribution in [3.05, 3.63) is 41.7 Å². The number of anilines is 1. The van der Waals surface area contributed by atoms with Crippen molar-refractivity contribution in [1.82, 2.24) is 19.9 Å². The molecule has 0 bridgehead atoms. The molecule has 2 rings (SSSR count). The molecule has 2 heterocycles. The Morgan fingerprint density at radius 2 is 2.06 bits per heavy atom. The highest BCUT2D eigenvalue weighted by molar-refractivity contribution is 7.97. The number of pyridine rings is 1. The maximum absolute atomic E-state index is 5.56. The van der Waals surface area contributed by atoms with Crippen LogP contribution in [-0.4, -0.2) is 19.9 Å². The molecule has 6 heteroatoms. The third-order valence-corrected chi connectivity index (χ3v) is 2.98. The van der Waals surface area contributed by atoms with E-state index in [1.807, 2.05) is 25.1 Å². The minimum Gasteiger partial charge on any atom is -0.368 e. The van der Waals surface area contributed by atoms with Gasteiger partial charge in [0.2, 0.25) is 5.95 Å². The maximum Gasteiger partial charge on any atom is 0.223 e. The number of nitrogens with zero attached hydrogens (tertiary/aromatic N) is 4. The van der Waals surface area contributed by atoms with Crippen molar-refractivity contribution in [2.24, 2.45) is 0 Å². The lowest BCUT2D eigenvalue weighted by Gasteiger charge is -2.02. The standard InChI is InChI=1S/C11H13N5S/c1-8-14-10(16-11(12)15-8)7-17-6-9-4-2-3-5-13-9/h2-5H,6-7H2,1H3,(H2,12,14,15,16). The first-order valence-electron chi connectivity index (χ1n) is 5.19. The van der Waals surface area contributed by atoms with Gasteiger partial charge >= 0.3 is 0 Å². The molecule has 0 saturated carbocycles. The van der Waals surface area contributed by atoms with Gasteiger partial charge < -0.3 is 5.73 Å². The lowest BCUT2D eigenvalue weighted by Crippen LogP contribution is -2.04. The summed E-state index contributed by atoms with van der Waals surface area (Å²) in [5.74, 6) is 3.21. The van der Waals surface area contributed by atoms with E-state index < -0.39 is 0 Å². The average molecular weight is 247 g/mol. The van der Waals surface area contributed by atoms with Crippen LogP contribution in [0.3, 0.4) is 0 Å².